The van der Waals surface area contributed by atoms with Crippen LogP contribution in [0.5, 0.6) is 5.75 Å². The lowest BCUT2D eigenvalue weighted by molar-refractivity contribution is 0.0954. The van der Waals surface area contributed by atoms with Crippen LogP contribution in [0.25, 0.3) is 5.70 Å². The first kappa shape index (κ1) is 22.8. The summed E-state index contributed by atoms with van der Waals surface area (Å²) in [5, 5.41) is 8.45. The van der Waals surface area contributed by atoms with E-state index >= 15 is 0 Å². The average molecular weight is 461 g/mol. The predicted molar refractivity (Wildman–Crippen MR) is 133 cm³/mol. The minimum Gasteiger partial charge on any atom is -0.497 e. The Morgan fingerprint density at radius 3 is 2.70 bits per heavy atom. The number of carbonyl (C=O) groups is 2. The fourth-order valence-electron chi connectivity index (χ4n) is 4.04. The third-order valence-electron chi connectivity index (χ3n) is 5.63. The molecule has 170 valence electrons. The lowest BCUT2D eigenvalue weighted by Gasteiger charge is -2.35. The van der Waals surface area contributed by atoms with E-state index in [1.165, 1.54) is 4.88 Å². The van der Waals surface area contributed by atoms with Crippen molar-refractivity contribution >= 4 is 28.7 Å². The molecule has 5 nitrogen and oxygen atoms in total. The molecule has 0 unspecified atom stereocenters. The molecule has 2 N–H and O–H groups in total. The van der Waals surface area contributed by atoms with Gasteiger partial charge in [0.15, 0.2) is 5.78 Å². The van der Waals surface area contributed by atoms with Gasteiger partial charge in [0.05, 0.1) is 7.11 Å². The van der Waals surface area contributed by atoms with E-state index in [2.05, 4.69) is 36.6 Å². The number of ketones is 1. The molecule has 4 rings (SSSR count). The van der Waals surface area contributed by atoms with E-state index in [0.29, 0.717) is 17.7 Å². The zero-order valence-electron chi connectivity index (χ0n) is 19.1. The first-order chi connectivity index (χ1) is 15.8. The maximum atomic E-state index is 13.2. The molecule has 0 aliphatic carbocycles. The molecule has 1 aliphatic heterocycles. The van der Waals surface area contributed by atoms with Gasteiger partial charge in [-0.15, -0.1) is 11.3 Å². The van der Waals surface area contributed by atoms with Crippen molar-refractivity contribution in [1.29, 1.82) is 0 Å². The van der Waals surface area contributed by atoms with E-state index in [1.54, 1.807) is 48.8 Å². The normalized spacial score (nSPS) is 15.4. The molecule has 1 amide bonds. The second-order valence-electron chi connectivity index (χ2n) is 8.80. The summed E-state index contributed by atoms with van der Waals surface area (Å²) in [5.41, 5.74) is 3.66. The summed E-state index contributed by atoms with van der Waals surface area (Å²) < 4.78 is 5.38. The summed E-state index contributed by atoms with van der Waals surface area (Å²) in [6.07, 6.45) is 3.25. The van der Waals surface area contributed by atoms with E-state index in [1.807, 2.05) is 23.6 Å². The number of amides is 1. The number of ether oxygens (including phenoxy) is 1. The van der Waals surface area contributed by atoms with Crippen molar-refractivity contribution in [3.05, 3.63) is 93.2 Å². The lowest BCUT2D eigenvalue weighted by Crippen LogP contribution is -2.43. The number of fused-ring (bicyclic) bond motifs is 1. The van der Waals surface area contributed by atoms with Crippen LogP contribution in [0, 0.1) is 0 Å². The Kier molecular flexibility index (Phi) is 6.65. The number of rotatable bonds is 7. The largest absolute Gasteiger partial charge is 0.497 e. The fraction of sp³-hybridized carbons (Fsp3) is 0.259. The predicted octanol–water partition coefficient (Wildman–Crippen LogP) is 4.88. The van der Waals surface area contributed by atoms with Gasteiger partial charge in [-0.3, -0.25) is 9.59 Å². The van der Waals surface area contributed by atoms with Crippen molar-refractivity contribution in [2.24, 2.45) is 0 Å². The molecule has 0 saturated carbocycles. The Hall–Kier alpha value is -3.38. The molecule has 3 aromatic rings. The molecular formula is C27H28N2O3S. The highest BCUT2D eigenvalue weighted by Crippen LogP contribution is 2.32. The molecule has 0 saturated heterocycles. The number of benzene rings is 2. The van der Waals surface area contributed by atoms with Gasteiger partial charge in [0.2, 0.25) is 0 Å². The molecule has 0 radical (unpaired) electrons. The first-order valence-electron chi connectivity index (χ1n) is 11.0. The van der Waals surface area contributed by atoms with Crippen LogP contribution in [-0.2, 0) is 12.8 Å². The highest BCUT2D eigenvalue weighted by atomic mass is 32.1. The lowest BCUT2D eigenvalue weighted by atomic mass is 9.85. The van der Waals surface area contributed by atoms with Crippen LogP contribution in [0.2, 0.25) is 0 Å². The molecule has 1 aliphatic rings. The molecule has 2 heterocycles. The minimum absolute atomic E-state index is 0.155. The van der Waals surface area contributed by atoms with Gasteiger partial charge in [-0.2, -0.15) is 0 Å². The average Bonchev–Trinajstić information content (AvgIpc) is 3.31. The summed E-state index contributed by atoms with van der Waals surface area (Å²) in [6, 6.07) is 16.9. The molecule has 0 atom stereocenters. The number of carbonyl (C=O) groups excluding carboxylic acids is 2. The third-order valence-corrected chi connectivity index (χ3v) is 6.57. The molecular weight excluding hydrogens is 432 g/mol. The van der Waals surface area contributed by atoms with E-state index in [9.17, 15) is 9.59 Å². The summed E-state index contributed by atoms with van der Waals surface area (Å²) in [6.45, 7) is 4.78. The van der Waals surface area contributed by atoms with Crippen molar-refractivity contribution in [3.63, 3.8) is 0 Å². The second kappa shape index (κ2) is 9.63. The van der Waals surface area contributed by atoms with Crippen LogP contribution in [-0.4, -0.2) is 30.9 Å². The number of hydrogen-bond donors (Lipinski definition) is 2. The van der Waals surface area contributed by atoms with Gasteiger partial charge < -0.3 is 15.4 Å². The molecule has 0 spiro atoms. The zero-order valence-corrected chi connectivity index (χ0v) is 19.9. The van der Waals surface area contributed by atoms with Crippen molar-refractivity contribution in [2.75, 3.05) is 13.7 Å². The Labute approximate surface area is 198 Å². The maximum Gasteiger partial charge on any atom is 0.251 e. The zero-order chi connectivity index (χ0) is 23.4. The number of hydrogen-bond acceptors (Lipinski definition) is 5. The maximum absolute atomic E-state index is 13.2. The highest BCUT2D eigenvalue weighted by Gasteiger charge is 2.28. The van der Waals surface area contributed by atoms with Gasteiger partial charge in [-0.05, 0) is 68.0 Å². The van der Waals surface area contributed by atoms with Gasteiger partial charge in [0, 0.05) is 45.4 Å². The van der Waals surface area contributed by atoms with Crippen LogP contribution in [0.3, 0.4) is 0 Å². The van der Waals surface area contributed by atoms with Crippen LogP contribution < -0.4 is 15.4 Å². The molecule has 6 heteroatoms. The van der Waals surface area contributed by atoms with Gasteiger partial charge in [0.25, 0.3) is 5.91 Å². The SMILES string of the molecule is COc1ccc2c(c1)C(=CC(=O)c1cccc(C(=O)NCCc3cccs3)c1)NC(C)(C)C2. The Morgan fingerprint density at radius 2 is 1.94 bits per heavy atom. The number of thiophene rings is 1. The monoisotopic (exact) mass is 460 g/mol. The number of methoxy groups -OCH3 is 1. The summed E-state index contributed by atoms with van der Waals surface area (Å²) in [4.78, 5) is 27.0. The summed E-state index contributed by atoms with van der Waals surface area (Å²) in [5.74, 6) is 0.410. The molecule has 0 fully saturated rings. The topological polar surface area (TPSA) is 67.4 Å². The summed E-state index contributed by atoms with van der Waals surface area (Å²) in [7, 11) is 1.63. The fourth-order valence-corrected chi connectivity index (χ4v) is 4.75. The second-order valence-corrected chi connectivity index (χ2v) is 9.83. The quantitative estimate of drug-likeness (QED) is 0.390. The number of allylic oxidation sites excluding steroid dienone is 1. The van der Waals surface area contributed by atoms with Gasteiger partial charge in [-0.1, -0.05) is 24.3 Å². The van der Waals surface area contributed by atoms with Crippen LogP contribution >= 0.6 is 11.3 Å². The smallest absolute Gasteiger partial charge is 0.251 e. The third kappa shape index (κ3) is 5.52. The number of nitrogens with one attached hydrogen (secondary N) is 2. The summed E-state index contributed by atoms with van der Waals surface area (Å²) >= 11 is 1.67. The van der Waals surface area contributed by atoms with Crippen molar-refractivity contribution < 1.29 is 14.3 Å². The van der Waals surface area contributed by atoms with E-state index in [4.69, 9.17) is 4.74 Å². The van der Waals surface area contributed by atoms with Gasteiger partial charge in [-0.25, -0.2) is 0 Å². The van der Waals surface area contributed by atoms with Crippen LogP contribution in [0.4, 0.5) is 0 Å². The van der Waals surface area contributed by atoms with Crippen molar-refractivity contribution in [2.45, 2.75) is 32.2 Å². The van der Waals surface area contributed by atoms with E-state index in [-0.39, 0.29) is 17.2 Å². The van der Waals surface area contributed by atoms with Crippen LogP contribution in [0.1, 0.15) is 50.6 Å². The molecule has 33 heavy (non-hydrogen) atoms. The van der Waals surface area contributed by atoms with Gasteiger partial charge in [0.1, 0.15) is 5.75 Å². The molecule has 2 aromatic carbocycles. The molecule has 0 bridgehead atoms. The highest BCUT2D eigenvalue weighted by molar-refractivity contribution is 7.09. The Balaban J connectivity index is 1.53. The Bertz CT molecular complexity index is 1200. The van der Waals surface area contributed by atoms with Gasteiger partial charge >= 0.3 is 0 Å². The van der Waals surface area contributed by atoms with Crippen LogP contribution in [0.15, 0.2) is 66.1 Å². The minimum atomic E-state index is -0.183. The van der Waals surface area contributed by atoms with Crippen molar-refractivity contribution in [3.8, 4) is 5.75 Å². The van der Waals surface area contributed by atoms with E-state index < -0.39 is 0 Å². The standard InChI is InChI=1S/C27H28N2O3S/c1-27(2)17-20-9-10-21(32-3)15-23(20)24(29-27)16-25(30)18-6-4-7-19(14-18)26(31)28-12-11-22-8-5-13-33-22/h4-10,13-16,29H,11-12,17H2,1-3H3,(H,28,31). The van der Waals surface area contributed by atoms with E-state index in [0.717, 1.165) is 35.4 Å². The van der Waals surface area contributed by atoms with Crippen molar-refractivity contribution in [1.82, 2.24) is 10.6 Å². The molecule has 1 aromatic heterocycles. The Morgan fingerprint density at radius 1 is 1.12 bits per heavy atom. The first-order valence-corrected chi connectivity index (χ1v) is 11.8.